The highest BCUT2D eigenvalue weighted by Gasteiger charge is 2.09. The monoisotopic (exact) mass is 275 g/mol. The number of aryl methyl sites for hydroxylation is 1. The van der Waals surface area contributed by atoms with Crippen LogP contribution in [0.15, 0.2) is 36.6 Å². The molecule has 0 aliphatic heterocycles. The molecule has 0 unspecified atom stereocenters. The Balaban J connectivity index is 1.85. The van der Waals surface area contributed by atoms with E-state index in [1.54, 1.807) is 11.3 Å². The van der Waals surface area contributed by atoms with E-state index in [2.05, 4.69) is 17.6 Å². The second-order valence-corrected chi connectivity index (χ2v) is 5.32. The van der Waals surface area contributed by atoms with Gasteiger partial charge in [0, 0.05) is 6.42 Å². The van der Waals surface area contributed by atoms with Crippen molar-refractivity contribution in [3.63, 3.8) is 0 Å². The van der Waals surface area contributed by atoms with Crippen LogP contribution in [0.2, 0.25) is 0 Å². The third-order valence-corrected chi connectivity index (χ3v) is 3.86. The van der Waals surface area contributed by atoms with Crippen molar-refractivity contribution in [1.82, 2.24) is 4.98 Å². The molecule has 100 valence electrons. The molecule has 1 aromatic carbocycles. The van der Waals surface area contributed by atoms with Crippen molar-refractivity contribution in [2.45, 2.75) is 26.2 Å². The molecule has 0 aliphatic carbocycles. The average Bonchev–Trinajstić information content (AvgIpc) is 2.81. The Morgan fingerprint density at radius 2 is 2.21 bits per heavy atom. The summed E-state index contributed by atoms with van der Waals surface area (Å²) >= 11 is 1.69. The summed E-state index contributed by atoms with van der Waals surface area (Å²) in [7, 11) is 0. The van der Waals surface area contributed by atoms with Gasteiger partial charge in [0.25, 0.3) is 0 Å². The number of para-hydroxylation sites is 1. The summed E-state index contributed by atoms with van der Waals surface area (Å²) in [5, 5.41) is 1.08. The van der Waals surface area contributed by atoms with Gasteiger partial charge in [-0.15, -0.1) is 11.3 Å². The fourth-order valence-corrected chi connectivity index (χ4v) is 2.83. The topological polar surface area (TPSA) is 39.2 Å². The van der Waals surface area contributed by atoms with E-state index in [1.165, 1.54) is 4.70 Å². The van der Waals surface area contributed by atoms with E-state index in [9.17, 15) is 4.79 Å². The smallest absolute Gasteiger partial charge is 0.196 e. The molecule has 2 aromatic rings. The maximum absolute atomic E-state index is 11.7. The van der Waals surface area contributed by atoms with Gasteiger partial charge in [0.15, 0.2) is 11.5 Å². The average molecular weight is 275 g/mol. The number of thiazole rings is 1. The van der Waals surface area contributed by atoms with Gasteiger partial charge in [0.2, 0.25) is 0 Å². The predicted molar refractivity (Wildman–Crippen MR) is 78.3 cm³/mol. The first-order chi connectivity index (χ1) is 9.20. The lowest BCUT2D eigenvalue weighted by Gasteiger charge is -2.04. The van der Waals surface area contributed by atoms with E-state index in [1.807, 2.05) is 25.1 Å². The summed E-state index contributed by atoms with van der Waals surface area (Å²) in [6.07, 6.45) is 2.07. The molecule has 0 radical (unpaired) electrons. The number of ketones is 1. The first-order valence-corrected chi connectivity index (χ1v) is 7.21. The molecule has 19 heavy (non-hydrogen) atoms. The lowest BCUT2D eigenvalue weighted by Crippen LogP contribution is -2.05. The molecule has 1 aromatic heterocycles. The van der Waals surface area contributed by atoms with Gasteiger partial charge < -0.3 is 4.74 Å². The molecule has 0 fully saturated rings. The van der Waals surface area contributed by atoms with Crippen LogP contribution in [0.3, 0.4) is 0 Å². The highest BCUT2D eigenvalue weighted by molar-refractivity contribution is 7.18. The molecular weight excluding hydrogens is 258 g/mol. The maximum atomic E-state index is 11.7. The predicted octanol–water partition coefficient (Wildman–Crippen LogP) is 3.74. The Hall–Kier alpha value is -1.68. The Kier molecular flexibility index (Phi) is 4.68. The zero-order valence-electron chi connectivity index (χ0n) is 11.0. The van der Waals surface area contributed by atoms with Crippen LogP contribution in [0.5, 0.6) is 0 Å². The summed E-state index contributed by atoms with van der Waals surface area (Å²) in [6, 6.07) is 8.08. The van der Waals surface area contributed by atoms with Gasteiger partial charge in [-0.3, -0.25) is 4.79 Å². The van der Waals surface area contributed by atoms with Gasteiger partial charge in [-0.05, 0) is 31.9 Å². The molecule has 0 atom stereocenters. The number of fused-ring (bicyclic) bond motifs is 1. The zero-order valence-corrected chi connectivity index (χ0v) is 11.8. The number of Topliss-reactive ketones (excluding diaryl/α,β-unsaturated/α-hetero) is 1. The van der Waals surface area contributed by atoms with Gasteiger partial charge in [-0.1, -0.05) is 18.7 Å². The van der Waals surface area contributed by atoms with Gasteiger partial charge in [0.1, 0.15) is 0 Å². The van der Waals surface area contributed by atoms with Crippen LogP contribution in [0, 0.1) is 0 Å². The van der Waals surface area contributed by atoms with Crippen molar-refractivity contribution in [1.29, 1.82) is 0 Å². The van der Waals surface area contributed by atoms with Crippen molar-refractivity contribution in [3.05, 3.63) is 41.6 Å². The Morgan fingerprint density at radius 1 is 1.42 bits per heavy atom. The van der Waals surface area contributed by atoms with E-state index >= 15 is 0 Å². The van der Waals surface area contributed by atoms with Crippen molar-refractivity contribution in [2.24, 2.45) is 0 Å². The van der Waals surface area contributed by atoms with E-state index in [4.69, 9.17) is 4.74 Å². The van der Waals surface area contributed by atoms with Crippen LogP contribution in [0.1, 0.15) is 24.8 Å². The number of allylic oxidation sites excluding steroid dienone is 1. The van der Waals surface area contributed by atoms with Crippen molar-refractivity contribution >= 4 is 27.3 Å². The van der Waals surface area contributed by atoms with Crippen LogP contribution in [-0.2, 0) is 16.0 Å². The van der Waals surface area contributed by atoms with E-state index in [0.717, 1.165) is 23.4 Å². The zero-order chi connectivity index (χ0) is 13.7. The molecule has 4 heteroatoms. The Bertz CT molecular complexity index is 556. The number of ether oxygens (including phenoxy) is 1. The van der Waals surface area contributed by atoms with Crippen LogP contribution in [0.25, 0.3) is 10.2 Å². The number of rotatable bonds is 7. The summed E-state index contributed by atoms with van der Waals surface area (Å²) in [6.45, 7) is 5.96. The largest absolute Gasteiger partial charge is 0.491 e. The van der Waals surface area contributed by atoms with Crippen molar-refractivity contribution < 1.29 is 9.53 Å². The first kappa shape index (κ1) is 13.7. The van der Waals surface area contributed by atoms with E-state index in [0.29, 0.717) is 13.0 Å². The number of benzene rings is 1. The normalized spacial score (nSPS) is 10.6. The molecule has 0 amide bonds. The standard InChI is InChI=1S/C15H17NO2S/c1-3-18-11(2)13(17)8-6-10-15-16-12-7-4-5-9-14(12)19-15/h4-5,7,9H,2-3,6,8,10H2,1H3. The molecule has 0 N–H and O–H groups in total. The minimum absolute atomic E-state index is 0.0111. The summed E-state index contributed by atoms with van der Waals surface area (Å²) in [5.41, 5.74) is 1.03. The number of nitrogens with zero attached hydrogens (tertiary/aromatic N) is 1. The van der Waals surface area contributed by atoms with Crippen LogP contribution >= 0.6 is 11.3 Å². The molecule has 2 rings (SSSR count). The number of hydrogen-bond donors (Lipinski definition) is 0. The third kappa shape index (κ3) is 3.64. The highest BCUT2D eigenvalue weighted by Crippen LogP contribution is 2.22. The number of hydrogen-bond acceptors (Lipinski definition) is 4. The quantitative estimate of drug-likeness (QED) is 0.571. The van der Waals surface area contributed by atoms with Crippen molar-refractivity contribution in [3.8, 4) is 0 Å². The van der Waals surface area contributed by atoms with Gasteiger partial charge in [-0.25, -0.2) is 4.98 Å². The first-order valence-electron chi connectivity index (χ1n) is 6.40. The minimum atomic E-state index is -0.0111. The van der Waals surface area contributed by atoms with Crippen LogP contribution in [0.4, 0.5) is 0 Å². The van der Waals surface area contributed by atoms with Gasteiger partial charge in [0.05, 0.1) is 21.8 Å². The molecule has 1 heterocycles. The highest BCUT2D eigenvalue weighted by atomic mass is 32.1. The Labute approximate surface area is 116 Å². The van der Waals surface area contributed by atoms with E-state index in [-0.39, 0.29) is 11.5 Å². The lowest BCUT2D eigenvalue weighted by molar-refractivity contribution is -0.118. The molecule has 3 nitrogen and oxygen atoms in total. The molecule has 0 saturated heterocycles. The SMILES string of the molecule is C=C(OCC)C(=O)CCCc1nc2ccccc2s1. The summed E-state index contributed by atoms with van der Waals surface area (Å²) < 4.78 is 6.29. The second-order valence-electron chi connectivity index (χ2n) is 4.21. The number of carbonyl (C=O) groups is 1. The Morgan fingerprint density at radius 3 is 2.95 bits per heavy atom. The second kappa shape index (κ2) is 6.48. The summed E-state index contributed by atoms with van der Waals surface area (Å²) in [5.74, 6) is 0.259. The van der Waals surface area contributed by atoms with Gasteiger partial charge in [-0.2, -0.15) is 0 Å². The lowest BCUT2D eigenvalue weighted by atomic mass is 10.1. The minimum Gasteiger partial charge on any atom is -0.491 e. The van der Waals surface area contributed by atoms with Crippen LogP contribution in [-0.4, -0.2) is 17.4 Å². The fraction of sp³-hybridized carbons (Fsp3) is 0.333. The molecular formula is C15H17NO2S. The van der Waals surface area contributed by atoms with Gasteiger partial charge >= 0.3 is 0 Å². The molecule has 0 spiro atoms. The third-order valence-electron chi connectivity index (χ3n) is 2.76. The molecule has 0 saturated carbocycles. The van der Waals surface area contributed by atoms with Crippen LogP contribution < -0.4 is 0 Å². The molecule has 0 bridgehead atoms. The maximum Gasteiger partial charge on any atom is 0.196 e. The van der Waals surface area contributed by atoms with E-state index < -0.39 is 0 Å². The summed E-state index contributed by atoms with van der Waals surface area (Å²) in [4.78, 5) is 16.2. The fourth-order valence-electron chi connectivity index (χ4n) is 1.82. The van der Waals surface area contributed by atoms with Crippen molar-refractivity contribution in [2.75, 3.05) is 6.61 Å². The number of aromatic nitrogens is 1. The molecule has 0 aliphatic rings. The number of carbonyl (C=O) groups excluding carboxylic acids is 1.